The molecule has 2 rings (SSSR count). The molecule has 1 heterocycles. The van der Waals surface area contributed by atoms with Gasteiger partial charge in [-0.15, -0.1) is 0 Å². The van der Waals surface area contributed by atoms with E-state index in [-0.39, 0.29) is 12.3 Å². The monoisotopic (exact) mass is 285 g/mol. The van der Waals surface area contributed by atoms with E-state index in [0.717, 1.165) is 17.3 Å². The molecule has 1 aliphatic heterocycles. The Morgan fingerprint density at radius 2 is 1.88 bits per heavy atom. The van der Waals surface area contributed by atoms with Crippen LogP contribution in [0.5, 0.6) is 0 Å². The molecule has 4 heteroatoms. The second-order valence-corrected chi connectivity index (χ2v) is 4.91. The van der Waals surface area contributed by atoms with E-state index in [9.17, 15) is 0 Å². The lowest BCUT2D eigenvalue weighted by Gasteiger charge is -2.15. The van der Waals surface area contributed by atoms with Crippen molar-refractivity contribution in [2.45, 2.75) is 25.2 Å². The summed E-state index contributed by atoms with van der Waals surface area (Å²) in [6, 6.07) is 8.32. The Bertz CT molecular complexity index is 322. The third-order valence-corrected chi connectivity index (χ3v) is 3.13. The van der Waals surface area contributed by atoms with Crippen LogP contribution in [-0.4, -0.2) is 25.5 Å². The molecular formula is C12H16BrNO2. The molecule has 1 aromatic rings. The summed E-state index contributed by atoms with van der Waals surface area (Å²) in [5.74, 6) is 0. The maximum Gasteiger partial charge on any atom is 0.159 e. The molecule has 1 aromatic carbocycles. The third-order valence-electron chi connectivity index (χ3n) is 2.60. The van der Waals surface area contributed by atoms with Crippen LogP contribution >= 0.6 is 15.9 Å². The van der Waals surface area contributed by atoms with Gasteiger partial charge in [0.15, 0.2) is 6.29 Å². The fraction of sp³-hybridized carbons (Fsp3) is 0.500. The highest BCUT2D eigenvalue weighted by Gasteiger charge is 2.19. The van der Waals surface area contributed by atoms with Crippen molar-refractivity contribution in [3.8, 4) is 0 Å². The lowest BCUT2D eigenvalue weighted by Crippen LogP contribution is -2.28. The molecule has 1 unspecified atom stereocenters. The number of hydrogen-bond acceptors (Lipinski definition) is 3. The normalized spacial score (nSPS) is 18.9. The zero-order chi connectivity index (χ0) is 11.4. The number of ether oxygens (including phenoxy) is 2. The van der Waals surface area contributed by atoms with E-state index >= 15 is 0 Å². The van der Waals surface area contributed by atoms with Crippen LogP contribution in [0.1, 0.15) is 12.0 Å². The summed E-state index contributed by atoms with van der Waals surface area (Å²) in [7, 11) is 0. The molecule has 16 heavy (non-hydrogen) atoms. The molecule has 1 saturated heterocycles. The highest BCUT2D eigenvalue weighted by Crippen LogP contribution is 2.15. The molecule has 0 radical (unpaired) electrons. The predicted molar refractivity (Wildman–Crippen MR) is 66.1 cm³/mol. The van der Waals surface area contributed by atoms with Crippen LogP contribution in [-0.2, 0) is 15.9 Å². The maximum absolute atomic E-state index is 6.05. The zero-order valence-electron chi connectivity index (χ0n) is 9.06. The van der Waals surface area contributed by atoms with Crippen LogP contribution in [0.4, 0.5) is 0 Å². The molecule has 0 bridgehead atoms. The van der Waals surface area contributed by atoms with Crippen molar-refractivity contribution in [1.82, 2.24) is 0 Å². The number of halogens is 1. The first-order valence-corrected chi connectivity index (χ1v) is 6.26. The Kier molecular flexibility index (Phi) is 4.35. The summed E-state index contributed by atoms with van der Waals surface area (Å²) < 4.78 is 11.8. The molecule has 1 aliphatic rings. The fourth-order valence-corrected chi connectivity index (χ4v) is 2.06. The van der Waals surface area contributed by atoms with Crippen molar-refractivity contribution in [2.24, 2.45) is 5.73 Å². The number of nitrogens with two attached hydrogens (primary N) is 1. The summed E-state index contributed by atoms with van der Waals surface area (Å²) in [6.07, 6.45) is 1.51. The van der Waals surface area contributed by atoms with Gasteiger partial charge in [0.05, 0.1) is 13.2 Å². The van der Waals surface area contributed by atoms with Gasteiger partial charge in [0, 0.05) is 16.9 Å². The molecule has 0 spiro atoms. The summed E-state index contributed by atoms with van der Waals surface area (Å²) in [5, 5.41) is 0. The molecule has 88 valence electrons. The molecule has 2 N–H and O–H groups in total. The summed E-state index contributed by atoms with van der Waals surface area (Å²) in [5.41, 5.74) is 7.30. The van der Waals surface area contributed by atoms with E-state index in [0.29, 0.717) is 13.2 Å². The third kappa shape index (κ3) is 3.56. The molecule has 1 atom stereocenters. The second-order valence-electron chi connectivity index (χ2n) is 4.00. The highest BCUT2D eigenvalue weighted by atomic mass is 79.9. The van der Waals surface area contributed by atoms with Crippen LogP contribution in [0.3, 0.4) is 0 Å². The van der Waals surface area contributed by atoms with Gasteiger partial charge in [-0.05, 0) is 24.1 Å². The fourth-order valence-electron chi connectivity index (χ4n) is 1.80. The minimum Gasteiger partial charge on any atom is -0.350 e. The van der Waals surface area contributed by atoms with Gasteiger partial charge >= 0.3 is 0 Å². The molecule has 3 nitrogen and oxygen atoms in total. The van der Waals surface area contributed by atoms with Gasteiger partial charge in [-0.1, -0.05) is 28.1 Å². The number of benzene rings is 1. The van der Waals surface area contributed by atoms with Crippen LogP contribution in [0.15, 0.2) is 28.7 Å². The van der Waals surface area contributed by atoms with E-state index in [4.69, 9.17) is 15.2 Å². The van der Waals surface area contributed by atoms with Gasteiger partial charge in [0.2, 0.25) is 0 Å². The van der Waals surface area contributed by atoms with Crippen LogP contribution < -0.4 is 5.73 Å². The van der Waals surface area contributed by atoms with Crippen molar-refractivity contribution >= 4 is 15.9 Å². The van der Waals surface area contributed by atoms with Crippen molar-refractivity contribution in [2.75, 3.05) is 13.2 Å². The molecule has 0 aromatic heterocycles. The molecule has 0 aliphatic carbocycles. The first kappa shape index (κ1) is 12.0. The van der Waals surface area contributed by atoms with E-state index in [1.807, 2.05) is 12.1 Å². The zero-order valence-corrected chi connectivity index (χ0v) is 10.7. The minimum absolute atomic E-state index is 0.0873. The quantitative estimate of drug-likeness (QED) is 0.921. The van der Waals surface area contributed by atoms with Gasteiger partial charge in [-0.2, -0.15) is 0 Å². The van der Waals surface area contributed by atoms with Gasteiger partial charge < -0.3 is 15.2 Å². The molecular weight excluding hydrogens is 270 g/mol. The lowest BCUT2D eigenvalue weighted by molar-refractivity contribution is -0.0504. The van der Waals surface area contributed by atoms with Crippen LogP contribution in [0.2, 0.25) is 0 Å². The maximum atomic E-state index is 6.05. The summed E-state index contributed by atoms with van der Waals surface area (Å²) >= 11 is 3.41. The van der Waals surface area contributed by atoms with Crippen molar-refractivity contribution < 1.29 is 9.47 Å². The highest BCUT2D eigenvalue weighted by molar-refractivity contribution is 9.10. The van der Waals surface area contributed by atoms with Crippen molar-refractivity contribution in [3.05, 3.63) is 34.3 Å². The van der Waals surface area contributed by atoms with Gasteiger partial charge in [0.25, 0.3) is 0 Å². The Balaban J connectivity index is 1.81. The first-order chi connectivity index (χ1) is 7.74. The summed E-state index contributed by atoms with van der Waals surface area (Å²) in [4.78, 5) is 0. The van der Waals surface area contributed by atoms with E-state index in [1.165, 1.54) is 5.56 Å². The Morgan fingerprint density at radius 3 is 2.50 bits per heavy atom. The van der Waals surface area contributed by atoms with E-state index in [2.05, 4.69) is 28.1 Å². The summed E-state index contributed by atoms with van der Waals surface area (Å²) in [6.45, 7) is 1.38. The molecule has 0 saturated carbocycles. The predicted octanol–water partition coefficient (Wildman–Crippen LogP) is 2.08. The first-order valence-electron chi connectivity index (χ1n) is 5.47. The van der Waals surface area contributed by atoms with Crippen molar-refractivity contribution in [3.63, 3.8) is 0 Å². The standard InChI is InChI=1S/C12H16BrNO2/c13-10-3-1-9(2-4-10)7-11(14)8-12-15-5-6-16-12/h1-4,11-12H,5-8,14H2. The smallest absolute Gasteiger partial charge is 0.159 e. The number of rotatable bonds is 4. The Hall–Kier alpha value is -0.420. The average Bonchev–Trinajstić information content (AvgIpc) is 2.74. The topological polar surface area (TPSA) is 44.5 Å². The molecule has 0 amide bonds. The number of hydrogen-bond donors (Lipinski definition) is 1. The average molecular weight is 286 g/mol. The Labute approximate surface area is 104 Å². The second kappa shape index (κ2) is 5.77. The SMILES string of the molecule is NC(Cc1ccc(Br)cc1)CC1OCCO1. The van der Waals surface area contributed by atoms with Gasteiger partial charge in [-0.25, -0.2) is 0 Å². The van der Waals surface area contributed by atoms with Crippen LogP contribution in [0, 0.1) is 0 Å². The van der Waals surface area contributed by atoms with E-state index in [1.54, 1.807) is 0 Å². The lowest BCUT2D eigenvalue weighted by atomic mass is 10.0. The molecule has 1 fully saturated rings. The van der Waals surface area contributed by atoms with Crippen molar-refractivity contribution in [1.29, 1.82) is 0 Å². The van der Waals surface area contributed by atoms with Gasteiger partial charge in [-0.3, -0.25) is 0 Å². The Morgan fingerprint density at radius 1 is 1.25 bits per heavy atom. The largest absolute Gasteiger partial charge is 0.350 e. The van der Waals surface area contributed by atoms with Gasteiger partial charge in [0.1, 0.15) is 0 Å². The van der Waals surface area contributed by atoms with Crippen LogP contribution in [0.25, 0.3) is 0 Å². The minimum atomic E-state index is -0.106. The van der Waals surface area contributed by atoms with E-state index < -0.39 is 0 Å².